The highest BCUT2D eigenvalue weighted by atomic mass is 28.3. The minimum Gasteiger partial charge on any atom is -0.481 e. The molecule has 0 bridgehead atoms. The molecule has 1 aliphatic rings. The molecule has 12 heteroatoms. The smallest absolute Gasteiger partial charge is 0.307 e. The summed E-state index contributed by atoms with van der Waals surface area (Å²) in [7, 11) is -1.21. The number of aliphatic carboxylic acids is 1. The van der Waals surface area contributed by atoms with E-state index in [1.165, 1.54) is 0 Å². The van der Waals surface area contributed by atoms with Crippen molar-refractivity contribution in [1.29, 1.82) is 0 Å². The number of carboxylic acids is 1. The molecule has 0 saturated carbocycles. The van der Waals surface area contributed by atoms with Gasteiger partial charge in [-0.25, -0.2) is 14.6 Å². The molecule has 0 aromatic carbocycles. The zero-order valence-electron chi connectivity index (χ0n) is 20.8. The number of aromatic nitrogens is 6. The Labute approximate surface area is 202 Å². The summed E-state index contributed by atoms with van der Waals surface area (Å²) in [5.41, 5.74) is 0.862. The molecule has 11 nitrogen and oxygen atoms in total. The van der Waals surface area contributed by atoms with Crippen LogP contribution < -0.4 is 10.2 Å². The number of anilines is 1. The molecule has 1 fully saturated rings. The number of carboxylic acid groups (broad SMARTS) is 1. The Morgan fingerprint density at radius 1 is 1.24 bits per heavy atom. The van der Waals surface area contributed by atoms with Gasteiger partial charge in [0.15, 0.2) is 5.82 Å². The molecule has 0 unspecified atom stereocenters. The summed E-state index contributed by atoms with van der Waals surface area (Å²) in [6.45, 7) is 13.3. The van der Waals surface area contributed by atoms with E-state index in [0.717, 1.165) is 44.2 Å². The second-order valence-corrected chi connectivity index (χ2v) is 15.7. The van der Waals surface area contributed by atoms with Gasteiger partial charge in [-0.1, -0.05) is 33.0 Å². The van der Waals surface area contributed by atoms with Crippen LogP contribution in [0.25, 0.3) is 0 Å². The Morgan fingerprint density at radius 2 is 1.94 bits per heavy atom. The van der Waals surface area contributed by atoms with Crippen molar-refractivity contribution in [2.24, 2.45) is 5.92 Å². The Kier molecular flexibility index (Phi) is 9.48. The summed E-state index contributed by atoms with van der Waals surface area (Å²) < 4.78 is 7.44. The third kappa shape index (κ3) is 7.54. The maximum absolute atomic E-state index is 12.2. The van der Waals surface area contributed by atoms with Gasteiger partial charge in [-0.3, -0.25) is 4.79 Å². The lowest BCUT2D eigenvalue weighted by molar-refractivity contribution is -0.143. The van der Waals surface area contributed by atoms with Crippen molar-refractivity contribution < 1.29 is 14.6 Å². The van der Waals surface area contributed by atoms with Crippen LogP contribution >= 0.6 is 0 Å². The van der Waals surface area contributed by atoms with E-state index in [4.69, 9.17) is 4.74 Å². The van der Waals surface area contributed by atoms with E-state index in [-0.39, 0.29) is 6.73 Å². The molecule has 2 N–H and O–H groups in total. The molecule has 34 heavy (non-hydrogen) atoms. The predicted molar refractivity (Wildman–Crippen MR) is 132 cm³/mol. The fourth-order valence-electron chi connectivity index (χ4n) is 4.06. The summed E-state index contributed by atoms with van der Waals surface area (Å²) in [6, 6.07) is 1.04. The minimum atomic E-state index is -1.21. The minimum absolute atomic E-state index is 0.209. The van der Waals surface area contributed by atoms with Crippen LogP contribution in [0.1, 0.15) is 37.1 Å². The van der Waals surface area contributed by atoms with Crippen molar-refractivity contribution in [2.75, 3.05) is 37.7 Å². The quantitative estimate of drug-likeness (QED) is 0.317. The fourth-order valence-corrected chi connectivity index (χ4v) is 4.81. The monoisotopic (exact) mass is 490 g/mol. The second kappa shape index (κ2) is 12.3. The topological polar surface area (TPSA) is 131 Å². The molecule has 0 radical (unpaired) electrons. The van der Waals surface area contributed by atoms with Gasteiger partial charge >= 0.3 is 5.97 Å². The molecule has 0 amide bonds. The molecule has 0 spiro atoms. The summed E-state index contributed by atoms with van der Waals surface area (Å²) in [4.78, 5) is 23.5. The fraction of sp³-hybridized carbons (Fsp3) is 0.727. The molecular weight excluding hydrogens is 452 g/mol. The van der Waals surface area contributed by atoms with Crippen LogP contribution in [0.2, 0.25) is 25.7 Å². The molecule has 2 aromatic rings. The van der Waals surface area contributed by atoms with E-state index in [2.05, 4.69) is 55.4 Å². The molecule has 3 heterocycles. The Morgan fingerprint density at radius 3 is 2.56 bits per heavy atom. The highest BCUT2D eigenvalue weighted by molar-refractivity contribution is 6.76. The lowest BCUT2D eigenvalue weighted by Gasteiger charge is -2.27. The van der Waals surface area contributed by atoms with Crippen molar-refractivity contribution >= 4 is 20.0 Å². The van der Waals surface area contributed by atoms with Crippen LogP contribution in [0.15, 0.2) is 12.4 Å². The summed E-state index contributed by atoms with van der Waals surface area (Å²) in [5.74, 6) is -0.656. The van der Waals surface area contributed by atoms with Gasteiger partial charge in [-0.15, -0.1) is 5.10 Å². The summed E-state index contributed by atoms with van der Waals surface area (Å²) >= 11 is 0. The molecule has 0 aliphatic carbocycles. The number of hydrogen-bond donors (Lipinski definition) is 2. The zero-order valence-corrected chi connectivity index (χ0v) is 21.8. The molecular formula is C22H38N8O3Si. The van der Waals surface area contributed by atoms with Crippen LogP contribution in [-0.2, 0) is 22.7 Å². The first-order valence-electron chi connectivity index (χ1n) is 12.1. The molecule has 1 aliphatic heterocycles. The van der Waals surface area contributed by atoms with Crippen molar-refractivity contribution in [1.82, 2.24) is 35.5 Å². The van der Waals surface area contributed by atoms with Gasteiger partial charge in [0.25, 0.3) is 0 Å². The lowest BCUT2D eigenvalue weighted by atomic mass is 9.84. The first-order chi connectivity index (χ1) is 16.3. The standard InChI is InChI=1S/C22H38N8O3Si/c1-5-6-18(21(31)32)19(20-26-27-28-30(20)16-33-11-12-34(2,3)4)13-17-14-24-22(25-15-17)29-9-7-23-8-10-29/h14-15,18-19,23H,5-13,16H2,1-4H3,(H,31,32)/t18-,19-/m0/s1. The number of hydrogen-bond acceptors (Lipinski definition) is 9. The second-order valence-electron chi connectivity index (χ2n) is 10.1. The van der Waals surface area contributed by atoms with Crippen LogP contribution in [0.3, 0.4) is 0 Å². The predicted octanol–water partition coefficient (Wildman–Crippen LogP) is 2.01. The lowest BCUT2D eigenvalue weighted by Crippen LogP contribution is -2.44. The first-order valence-corrected chi connectivity index (χ1v) is 15.8. The molecule has 2 atom stereocenters. The van der Waals surface area contributed by atoms with Crippen LogP contribution in [-0.4, -0.2) is 82.1 Å². The average Bonchev–Trinajstić information content (AvgIpc) is 3.27. The SMILES string of the molecule is CCC[C@H](C(=O)O)[C@H](Cc1cnc(N2CCNCC2)nc1)c1nnnn1COCC[Si](C)(C)C. The number of tetrazole rings is 1. The Bertz CT molecular complexity index is 896. The highest BCUT2D eigenvalue weighted by Gasteiger charge is 2.33. The number of piperazine rings is 1. The largest absolute Gasteiger partial charge is 0.481 e. The maximum Gasteiger partial charge on any atom is 0.307 e. The third-order valence-corrected chi connectivity index (χ3v) is 7.76. The Hall–Kier alpha value is -2.44. The van der Waals surface area contributed by atoms with Crippen molar-refractivity contribution in [3.05, 3.63) is 23.8 Å². The normalized spacial score (nSPS) is 16.4. The van der Waals surface area contributed by atoms with Crippen LogP contribution in [0.4, 0.5) is 5.95 Å². The first kappa shape index (κ1) is 26.2. The number of rotatable bonds is 13. The van der Waals surface area contributed by atoms with Gasteiger partial charge < -0.3 is 20.1 Å². The number of ether oxygens (including phenoxy) is 1. The van der Waals surface area contributed by atoms with Gasteiger partial charge in [0, 0.05) is 59.2 Å². The number of nitrogens with one attached hydrogen (secondary N) is 1. The van der Waals surface area contributed by atoms with E-state index in [1.807, 2.05) is 6.92 Å². The van der Waals surface area contributed by atoms with E-state index in [0.29, 0.717) is 31.2 Å². The average molecular weight is 491 g/mol. The number of nitrogens with zero attached hydrogens (tertiary/aromatic N) is 7. The van der Waals surface area contributed by atoms with Crippen LogP contribution in [0, 0.1) is 5.92 Å². The van der Waals surface area contributed by atoms with Crippen LogP contribution in [0.5, 0.6) is 0 Å². The van der Waals surface area contributed by atoms with Gasteiger partial charge in [-0.2, -0.15) is 0 Å². The van der Waals surface area contributed by atoms with Gasteiger partial charge in [0.2, 0.25) is 5.95 Å². The third-order valence-electron chi connectivity index (χ3n) is 6.05. The number of carbonyl (C=O) groups is 1. The molecule has 188 valence electrons. The zero-order chi connectivity index (χ0) is 24.6. The summed E-state index contributed by atoms with van der Waals surface area (Å²) in [6.07, 6.45) is 5.30. The van der Waals surface area contributed by atoms with Gasteiger partial charge in [-0.05, 0) is 34.9 Å². The van der Waals surface area contributed by atoms with Crippen molar-refractivity contribution in [3.63, 3.8) is 0 Å². The van der Waals surface area contributed by atoms with E-state index >= 15 is 0 Å². The summed E-state index contributed by atoms with van der Waals surface area (Å²) in [5, 5.41) is 25.5. The van der Waals surface area contributed by atoms with Crippen molar-refractivity contribution in [3.8, 4) is 0 Å². The molecule has 1 saturated heterocycles. The van der Waals surface area contributed by atoms with E-state index in [9.17, 15) is 9.90 Å². The maximum atomic E-state index is 12.2. The Balaban J connectivity index is 1.77. The van der Waals surface area contributed by atoms with Gasteiger partial charge in [0.05, 0.1) is 5.92 Å². The van der Waals surface area contributed by atoms with Gasteiger partial charge in [0.1, 0.15) is 6.73 Å². The van der Waals surface area contributed by atoms with E-state index < -0.39 is 25.9 Å². The molecule has 2 aromatic heterocycles. The highest BCUT2D eigenvalue weighted by Crippen LogP contribution is 2.31. The van der Waals surface area contributed by atoms with E-state index in [1.54, 1.807) is 17.1 Å². The molecule has 3 rings (SSSR count). The van der Waals surface area contributed by atoms with Crippen molar-refractivity contribution in [2.45, 2.75) is 64.5 Å².